The summed E-state index contributed by atoms with van der Waals surface area (Å²) < 4.78 is 53.1. The molecule has 164 valence electrons. The number of H-pyrrole nitrogens is 1. The molecule has 31 heavy (non-hydrogen) atoms. The van der Waals surface area contributed by atoms with Crippen molar-refractivity contribution in [3.05, 3.63) is 53.8 Å². The van der Waals surface area contributed by atoms with E-state index in [-0.39, 0.29) is 18.6 Å². The van der Waals surface area contributed by atoms with E-state index in [4.69, 9.17) is 0 Å². The van der Waals surface area contributed by atoms with Crippen LogP contribution >= 0.6 is 0 Å². The van der Waals surface area contributed by atoms with Crippen molar-refractivity contribution >= 4 is 18.8 Å². The van der Waals surface area contributed by atoms with Crippen LogP contribution in [-0.2, 0) is 0 Å². The first-order valence-electron chi connectivity index (χ1n) is 9.55. The second kappa shape index (κ2) is 8.46. The van der Waals surface area contributed by atoms with E-state index in [0.717, 1.165) is 12.6 Å². The first kappa shape index (κ1) is 21.0. The highest BCUT2D eigenvalue weighted by molar-refractivity contribution is 5.99. The number of amidine groups is 1. The zero-order chi connectivity index (χ0) is 22.0. The molecule has 1 aromatic heterocycles. The van der Waals surface area contributed by atoms with Crippen LogP contribution in [0.2, 0.25) is 0 Å². The maximum atomic E-state index is 13.8. The maximum absolute atomic E-state index is 13.8. The zero-order valence-corrected chi connectivity index (χ0v) is 16.3. The van der Waals surface area contributed by atoms with Crippen LogP contribution in [0.1, 0.15) is 17.9 Å². The number of nitrogens with one attached hydrogen (secondary N) is 2. The minimum absolute atomic E-state index is 0.0128. The third-order valence-electron chi connectivity index (χ3n) is 5.25. The van der Waals surface area contributed by atoms with Gasteiger partial charge in [0.05, 0.1) is 18.9 Å². The zero-order valence-electron chi connectivity index (χ0n) is 16.3. The molecule has 1 aromatic rings. The number of aliphatic imine (C=N–C) groups is 3. The molecule has 8 nitrogen and oxygen atoms in total. The van der Waals surface area contributed by atoms with Gasteiger partial charge in [0.25, 0.3) is 0 Å². The number of hydrogen-bond acceptors (Lipinski definition) is 7. The van der Waals surface area contributed by atoms with Crippen molar-refractivity contribution in [3.8, 4) is 0 Å². The molecule has 3 aliphatic rings. The Hall–Kier alpha value is -3.28. The molecule has 2 atom stereocenters. The van der Waals surface area contributed by atoms with Gasteiger partial charge < -0.3 is 10.2 Å². The first-order chi connectivity index (χ1) is 14.9. The number of likely N-dealkylation sites (tertiary alicyclic amines) is 1. The molecule has 2 N–H and O–H groups in total. The second-order valence-corrected chi connectivity index (χ2v) is 7.19. The van der Waals surface area contributed by atoms with Crippen LogP contribution in [0.5, 0.6) is 0 Å². The highest BCUT2D eigenvalue weighted by Gasteiger charge is 2.36. The average molecular weight is 436 g/mol. The summed E-state index contributed by atoms with van der Waals surface area (Å²) in [5, 5.41) is 9.02. The van der Waals surface area contributed by atoms with Crippen molar-refractivity contribution in [2.75, 3.05) is 19.6 Å². The standard InChI is InChI=1S/C19H20F4N8/c1-24-9-14(30-7-5-25-15(11-30)19(21,22)23)18-26-4-2-16(28-18)31-6-3-12(10-31)13-8-27-29-17(13)20/h2,4-5,8-9,11-12,16H,1,3,6-7,10H2,(H,26,28)(H,27,29)/b14-9-. The molecule has 0 amide bonds. The number of alkyl halides is 3. The Bertz CT molecular complexity index is 987. The van der Waals surface area contributed by atoms with Crippen molar-refractivity contribution in [1.82, 2.24) is 25.3 Å². The minimum Gasteiger partial charge on any atom is -0.345 e. The Kier molecular flexibility index (Phi) is 5.72. The monoisotopic (exact) mass is 436 g/mol. The molecular formula is C19H20F4N8. The smallest absolute Gasteiger partial charge is 0.345 e. The first-order valence-corrected chi connectivity index (χ1v) is 9.55. The lowest BCUT2D eigenvalue weighted by molar-refractivity contribution is -0.0935. The molecule has 0 spiro atoms. The van der Waals surface area contributed by atoms with Gasteiger partial charge >= 0.3 is 6.18 Å². The summed E-state index contributed by atoms with van der Waals surface area (Å²) in [5.74, 6) is -0.0924. The van der Waals surface area contributed by atoms with Crippen molar-refractivity contribution in [3.63, 3.8) is 0 Å². The summed E-state index contributed by atoms with van der Waals surface area (Å²) in [6, 6.07) is 0. The quantitative estimate of drug-likeness (QED) is 0.549. The Morgan fingerprint density at radius 2 is 2.19 bits per heavy atom. The lowest BCUT2D eigenvalue weighted by atomic mass is 10.0. The van der Waals surface area contributed by atoms with Gasteiger partial charge in [0, 0.05) is 43.2 Å². The van der Waals surface area contributed by atoms with Gasteiger partial charge in [0.1, 0.15) is 11.9 Å². The van der Waals surface area contributed by atoms with E-state index in [9.17, 15) is 17.6 Å². The Morgan fingerprint density at radius 3 is 2.90 bits per heavy atom. The molecule has 1 fully saturated rings. The molecule has 4 heterocycles. The molecule has 4 rings (SSSR count). The molecule has 1 saturated heterocycles. The predicted octanol–water partition coefficient (Wildman–Crippen LogP) is 2.51. The molecule has 3 aliphatic heterocycles. The number of aromatic amines is 1. The van der Waals surface area contributed by atoms with Crippen LogP contribution in [0.3, 0.4) is 0 Å². The SMILES string of the molecule is C=N/C=C(/C1=NC(N2CCC(c3cn[nH]c3F)C2)C=CN1)N1C=C(C(F)(F)F)N=CC1. The average Bonchev–Trinajstić information content (AvgIpc) is 3.40. The van der Waals surface area contributed by atoms with E-state index in [2.05, 4.69) is 42.1 Å². The summed E-state index contributed by atoms with van der Waals surface area (Å²) in [6.07, 6.45) is 4.29. The summed E-state index contributed by atoms with van der Waals surface area (Å²) in [5.41, 5.74) is -0.144. The van der Waals surface area contributed by atoms with Crippen LogP contribution in [-0.4, -0.2) is 70.7 Å². The topological polar surface area (TPSA) is 84.3 Å². The Labute approximate surface area is 175 Å². The van der Waals surface area contributed by atoms with Gasteiger partial charge in [-0.25, -0.2) is 4.99 Å². The summed E-state index contributed by atoms with van der Waals surface area (Å²) in [6.45, 7) is 4.81. The lowest BCUT2D eigenvalue weighted by Crippen LogP contribution is -2.40. The summed E-state index contributed by atoms with van der Waals surface area (Å²) in [7, 11) is 0. The molecule has 12 heteroatoms. The second-order valence-electron chi connectivity index (χ2n) is 7.19. The highest BCUT2D eigenvalue weighted by atomic mass is 19.4. The third-order valence-corrected chi connectivity index (χ3v) is 5.25. The Morgan fingerprint density at radius 1 is 1.35 bits per heavy atom. The van der Waals surface area contributed by atoms with Gasteiger partial charge in [-0.3, -0.25) is 20.0 Å². The van der Waals surface area contributed by atoms with E-state index < -0.39 is 17.8 Å². The molecule has 0 aromatic carbocycles. The largest absolute Gasteiger partial charge is 0.434 e. The van der Waals surface area contributed by atoms with Gasteiger partial charge in [0.15, 0.2) is 11.5 Å². The van der Waals surface area contributed by atoms with Gasteiger partial charge in [-0.2, -0.15) is 22.7 Å². The molecule has 0 aliphatic carbocycles. The molecular weight excluding hydrogens is 416 g/mol. The fourth-order valence-electron chi connectivity index (χ4n) is 3.75. The van der Waals surface area contributed by atoms with Crippen LogP contribution in [0.25, 0.3) is 0 Å². The highest BCUT2D eigenvalue weighted by Crippen LogP contribution is 2.31. The van der Waals surface area contributed by atoms with Gasteiger partial charge in [-0.05, 0) is 19.2 Å². The normalized spacial score (nSPS) is 24.8. The molecule has 2 unspecified atom stereocenters. The van der Waals surface area contributed by atoms with Gasteiger partial charge in [-0.15, -0.1) is 0 Å². The summed E-state index contributed by atoms with van der Waals surface area (Å²) >= 11 is 0. The van der Waals surface area contributed by atoms with Crippen molar-refractivity contribution in [2.24, 2.45) is 15.0 Å². The number of hydrogen-bond donors (Lipinski definition) is 2. The number of rotatable bonds is 5. The van der Waals surface area contributed by atoms with Crippen LogP contribution in [0.15, 0.2) is 57.2 Å². The fourth-order valence-corrected chi connectivity index (χ4v) is 3.75. The minimum atomic E-state index is -4.57. The van der Waals surface area contributed by atoms with Gasteiger partial charge in [0.2, 0.25) is 5.95 Å². The van der Waals surface area contributed by atoms with Crippen LogP contribution in [0.4, 0.5) is 17.6 Å². The maximum Gasteiger partial charge on any atom is 0.434 e. The van der Waals surface area contributed by atoms with Crippen LogP contribution in [0, 0.1) is 5.95 Å². The van der Waals surface area contributed by atoms with Crippen LogP contribution < -0.4 is 5.32 Å². The number of nitrogens with zero attached hydrogens (tertiary/aromatic N) is 6. The number of allylic oxidation sites excluding steroid dienone is 1. The fraction of sp³-hybridized carbons (Fsp3) is 0.368. The van der Waals surface area contributed by atoms with E-state index in [1.165, 1.54) is 23.5 Å². The molecule has 0 bridgehead atoms. The van der Waals surface area contributed by atoms with Gasteiger partial charge in [-0.1, -0.05) is 0 Å². The molecule has 0 saturated carbocycles. The van der Waals surface area contributed by atoms with Crippen molar-refractivity contribution in [1.29, 1.82) is 0 Å². The molecule has 0 radical (unpaired) electrons. The summed E-state index contributed by atoms with van der Waals surface area (Å²) in [4.78, 5) is 15.3. The van der Waals surface area contributed by atoms with E-state index in [0.29, 0.717) is 30.2 Å². The van der Waals surface area contributed by atoms with E-state index in [1.807, 2.05) is 6.08 Å². The van der Waals surface area contributed by atoms with E-state index in [1.54, 1.807) is 6.20 Å². The van der Waals surface area contributed by atoms with Crippen molar-refractivity contribution < 1.29 is 17.6 Å². The number of aromatic nitrogens is 2. The lowest BCUT2D eigenvalue weighted by Gasteiger charge is -2.30. The van der Waals surface area contributed by atoms with Crippen molar-refractivity contribution in [2.45, 2.75) is 24.7 Å². The number of halogens is 4. The third kappa shape index (κ3) is 4.43. The predicted molar refractivity (Wildman–Crippen MR) is 108 cm³/mol. The Balaban J connectivity index is 1.54. The van der Waals surface area contributed by atoms with E-state index >= 15 is 0 Å².